The summed E-state index contributed by atoms with van der Waals surface area (Å²) in [6.07, 6.45) is 7.51. The first kappa shape index (κ1) is 23.1. The lowest BCUT2D eigenvalue weighted by Gasteiger charge is -2.32. The number of carbonyl (C=O) groups is 2. The molecule has 1 atom stereocenters. The lowest BCUT2D eigenvalue weighted by molar-refractivity contribution is 0.0692. The number of nitrogens with zero attached hydrogens (tertiary/aromatic N) is 5. The van der Waals surface area contributed by atoms with Gasteiger partial charge in [0.2, 0.25) is 0 Å². The lowest BCUT2D eigenvalue weighted by atomic mass is 10.0. The van der Waals surface area contributed by atoms with Gasteiger partial charge in [-0.3, -0.25) is 9.59 Å². The van der Waals surface area contributed by atoms with E-state index in [-0.39, 0.29) is 23.9 Å². The Hall–Kier alpha value is -3.31. The average Bonchev–Trinajstić information content (AvgIpc) is 3.24. The molecule has 2 amide bonds. The molecule has 0 radical (unpaired) electrons. The van der Waals surface area contributed by atoms with Gasteiger partial charge >= 0.3 is 0 Å². The minimum absolute atomic E-state index is 0.0446. The van der Waals surface area contributed by atoms with Crippen LogP contribution in [0.5, 0.6) is 0 Å². The Kier molecular flexibility index (Phi) is 6.18. The van der Waals surface area contributed by atoms with E-state index in [2.05, 4.69) is 22.7 Å². The molecule has 9 nitrogen and oxygen atoms in total. The summed E-state index contributed by atoms with van der Waals surface area (Å²) in [5, 5.41) is 14.9. The Bertz CT molecular complexity index is 1380. The summed E-state index contributed by atoms with van der Waals surface area (Å²) in [4.78, 5) is 38.9. The highest BCUT2D eigenvalue weighted by atomic mass is 32.1. The third-order valence-corrected chi connectivity index (χ3v) is 8.64. The highest BCUT2D eigenvalue weighted by Gasteiger charge is 2.30. The maximum absolute atomic E-state index is 13.5. The number of rotatable bonds is 7. The van der Waals surface area contributed by atoms with E-state index >= 15 is 0 Å². The second-order valence-corrected chi connectivity index (χ2v) is 11.3. The van der Waals surface area contributed by atoms with Crippen molar-refractivity contribution < 1.29 is 9.59 Å². The number of piperidine rings is 1. The molecule has 11 heteroatoms. The van der Waals surface area contributed by atoms with Crippen molar-refractivity contribution in [2.45, 2.75) is 44.7 Å². The van der Waals surface area contributed by atoms with Gasteiger partial charge in [0.15, 0.2) is 5.82 Å². The number of thiophene rings is 1. The molecule has 0 aromatic carbocycles. The molecule has 2 N–H and O–H groups in total. The van der Waals surface area contributed by atoms with Gasteiger partial charge in [-0.2, -0.15) is 5.10 Å². The molecule has 0 spiro atoms. The van der Waals surface area contributed by atoms with Gasteiger partial charge in [-0.15, -0.1) is 22.7 Å². The Morgan fingerprint density at radius 1 is 1.11 bits per heavy atom. The van der Waals surface area contributed by atoms with E-state index in [1.807, 2.05) is 34.0 Å². The topological polar surface area (TPSA) is 105 Å². The zero-order valence-electron chi connectivity index (χ0n) is 19.9. The molecule has 1 aliphatic carbocycles. The Morgan fingerprint density at radius 2 is 1.94 bits per heavy atom. The van der Waals surface area contributed by atoms with Crippen molar-refractivity contribution in [1.29, 1.82) is 0 Å². The molecule has 6 rings (SSSR count). The first-order chi connectivity index (χ1) is 17.5. The second kappa shape index (κ2) is 9.62. The van der Waals surface area contributed by atoms with Crippen LogP contribution in [0.15, 0.2) is 41.4 Å². The highest BCUT2D eigenvalue weighted by molar-refractivity contribution is 7.16. The van der Waals surface area contributed by atoms with Crippen molar-refractivity contribution in [3.63, 3.8) is 0 Å². The van der Waals surface area contributed by atoms with Crippen LogP contribution in [0.1, 0.15) is 52.8 Å². The Labute approximate surface area is 216 Å². The number of hydrogen-bond acceptors (Lipinski definition) is 8. The third kappa shape index (κ3) is 4.72. The number of likely N-dealkylation sites (tertiary alicyclic amines) is 1. The number of carbonyl (C=O) groups excluding carboxylic acids is 2. The number of aromatic nitrogens is 4. The molecule has 2 fully saturated rings. The lowest BCUT2D eigenvalue weighted by Crippen LogP contribution is -2.46. The summed E-state index contributed by atoms with van der Waals surface area (Å²) in [7, 11) is 0. The standard InChI is InChI=1S/C25H27N7O2S2/c1-15(16-4-5-16)27-21-13-19(29-22(30-21)18-14-26-32-10-12-36-25(18)32)24(34)31-8-6-17(7-9-31)28-23(33)20-3-2-11-35-20/h2-3,10-17H,4-9H2,1H3,(H,28,33)(H,27,29,30)/t15-/m0/s1. The SMILES string of the molecule is C[C@H](Nc1cc(C(=O)N2CCC(NC(=O)c3cccs3)CC2)nc(-c2cnn3ccsc23)n1)C1CC1. The van der Waals surface area contributed by atoms with E-state index in [9.17, 15) is 9.59 Å². The van der Waals surface area contributed by atoms with Crippen LogP contribution in [0, 0.1) is 5.92 Å². The number of fused-ring (bicyclic) bond motifs is 1. The second-order valence-electron chi connectivity index (χ2n) is 9.46. The van der Waals surface area contributed by atoms with Crippen LogP contribution in [0.4, 0.5) is 5.82 Å². The normalized spacial score (nSPS) is 17.3. The van der Waals surface area contributed by atoms with Crippen molar-refractivity contribution in [2.75, 3.05) is 18.4 Å². The van der Waals surface area contributed by atoms with Crippen molar-refractivity contribution in [3.05, 3.63) is 51.9 Å². The number of thiazole rings is 1. The fraction of sp³-hybridized carbons (Fsp3) is 0.400. The molecule has 0 bridgehead atoms. The quantitative estimate of drug-likeness (QED) is 0.378. The number of hydrogen-bond donors (Lipinski definition) is 2. The summed E-state index contributed by atoms with van der Waals surface area (Å²) in [6.45, 7) is 3.29. The van der Waals surface area contributed by atoms with Gasteiger partial charge in [0.25, 0.3) is 11.8 Å². The van der Waals surface area contributed by atoms with Gasteiger partial charge in [-0.25, -0.2) is 14.5 Å². The van der Waals surface area contributed by atoms with E-state index < -0.39 is 0 Å². The number of anilines is 1. The Balaban J connectivity index is 1.20. The molecule has 36 heavy (non-hydrogen) atoms. The predicted octanol–water partition coefficient (Wildman–Crippen LogP) is 4.16. The van der Waals surface area contributed by atoms with Crippen molar-refractivity contribution in [2.24, 2.45) is 5.92 Å². The summed E-state index contributed by atoms with van der Waals surface area (Å²) in [5.74, 6) is 1.65. The van der Waals surface area contributed by atoms with Gasteiger partial charge in [0.05, 0.1) is 16.6 Å². The van der Waals surface area contributed by atoms with Gasteiger partial charge in [0, 0.05) is 42.8 Å². The van der Waals surface area contributed by atoms with Crippen LogP contribution in [-0.2, 0) is 0 Å². The molecule has 1 saturated carbocycles. The van der Waals surface area contributed by atoms with Crippen molar-refractivity contribution in [3.8, 4) is 11.4 Å². The van der Waals surface area contributed by atoms with E-state index in [0.717, 1.165) is 10.4 Å². The van der Waals surface area contributed by atoms with E-state index in [0.29, 0.717) is 54.1 Å². The smallest absolute Gasteiger partial charge is 0.272 e. The predicted molar refractivity (Wildman–Crippen MR) is 141 cm³/mol. The summed E-state index contributed by atoms with van der Waals surface area (Å²) in [6, 6.07) is 5.81. The summed E-state index contributed by atoms with van der Waals surface area (Å²) >= 11 is 3.00. The van der Waals surface area contributed by atoms with Crippen molar-refractivity contribution in [1.82, 2.24) is 29.8 Å². The first-order valence-electron chi connectivity index (χ1n) is 12.3. The number of amides is 2. The maximum Gasteiger partial charge on any atom is 0.272 e. The molecular weight excluding hydrogens is 494 g/mol. The summed E-state index contributed by atoms with van der Waals surface area (Å²) in [5.41, 5.74) is 1.19. The third-order valence-electron chi connectivity index (χ3n) is 6.88. The average molecular weight is 522 g/mol. The van der Waals surface area contributed by atoms with E-state index in [4.69, 9.17) is 9.97 Å². The largest absolute Gasteiger partial charge is 0.367 e. The molecule has 0 unspecified atom stereocenters. The van der Waals surface area contributed by atoms with Gasteiger partial charge in [-0.1, -0.05) is 6.07 Å². The van der Waals surface area contributed by atoms with Crippen LogP contribution in [0.25, 0.3) is 16.2 Å². The molecular formula is C25H27N7O2S2. The minimum Gasteiger partial charge on any atom is -0.367 e. The van der Waals surface area contributed by atoms with Crippen LogP contribution >= 0.6 is 22.7 Å². The number of nitrogens with one attached hydrogen (secondary N) is 2. The Morgan fingerprint density at radius 3 is 2.69 bits per heavy atom. The van der Waals surface area contributed by atoms with Gasteiger partial charge < -0.3 is 15.5 Å². The highest BCUT2D eigenvalue weighted by Crippen LogP contribution is 2.34. The first-order valence-corrected chi connectivity index (χ1v) is 14.0. The van der Waals surface area contributed by atoms with Crippen LogP contribution < -0.4 is 10.6 Å². The molecule has 2 aliphatic rings. The summed E-state index contributed by atoms with van der Waals surface area (Å²) < 4.78 is 1.80. The molecule has 4 aromatic heterocycles. The zero-order valence-corrected chi connectivity index (χ0v) is 21.5. The van der Waals surface area contributed by atoms with E-state index in [1.165, 1.54) is 24.2 Å². The monoisotopic (exact) mass is 521 g/mol. The van der Waals surface area contributed by atoms with Gasteiger partial charge in [-0.05, 0) is 50.0 Å². The fourth-order valence-corrected chi connectivity index (χ4v) is 6.05. The minimum atomic E-state index is -0.113. The fourth-order valence-electron chi connectivity index (χ4n) is 4.63. The maximum atomic E-state index is 13.5. The van der Waals surface area contributed by atoms with Crippen LogP contribution in [0.2, 0.25) is 0 Å². The molecule has 186 valence electrons. The molecule has 1 saturated heterocycles. The molecule has 1 aliphatic heterocycles. The van der Waals surface area contributed by atoms with Crippen molar-refractivity contribution >= 4 is 45.1 Å². The molecule has 5 heterocycles. The molecule has 4 aromatic rings. The zero-order chi connectivity index (χ0) is 24.6. The van der Waals surface area contributed by atoms with Crippen LogP contribution in [-0.4, -0.2) is 61.5 Å². The van der Waals surface area contributed by atoms with E-state index in [1.54, 1.807) is 28.1 Å². The van der Waals surface area contributed by atoms with Crippen LogP contribution in [0.3, 0.4) is 0 Å². The van der Waals surface area contributed by atoms with Gasteiger partial charge in [0.1, 0.15) is 16.3 Å².